The zero-order valence-electron chi connectivity index (χ0n) is 25.5. The van der Waals surface area contributed by atoms with E-state index in [1.807, 2.05) is 36.4 Å². The standard InChI is InChI=1S/C37H40FN5O/c1-3-25-8-4-9-26-10-5-11-29(32(25)26)30-15-12-24(2)20-31-34(33(30)38)40-36(44-23-37-16-6-18-43(37)19-7-17-37)41-35(31)42-21-27-13-14-28(22-42)39-27/h1,4-5,8-11,20,27-28,39H,6-7,12-19,21-23H2,2H3/b24-20+,33-30-. The molecule has 4 fully saturated rings. The van der Waals surface area contributed by atoms with E-state index in [1.165, 1.54) is 18.4 Å². The van der Waals surface area contributed by atoms with Gasteiger partial charge in [-0.05, 0) is 94.0 Å². The number of benzene rings is 2. The second-order valence-electron chi connectivity index (χ2n) is 13.5. The van der Waals surface area contributed by atoms with Crippen LogP contribution in [0.4, 0.5) is 10.2 Å². The number of fused-ring (bicyclic) bond motifs is 5. The van der Waals surface area contributed by atoms with E-state index in [1.54, 1.807) is 0 Å². The number of allylic oxidation sites excluding steroid dienone is 2. The molecule has 4 aliphatic heterocycles. The van der Waals surface area contributed by atoms with Crippen LogP contribution in [0.15, 0.2) is 42.0 Å². The molecule has 1 aromatic heterocycles. The lowest BCUT2D eigenvalue weighted by Crippen LogP contribution is -2.51. The quantitative estimate of drug-likeness (QED) is 0.339. The summed E-state index contributed by atoms with van der Waals surface area (Å²) in [6.07, 6.45) is 16.3. The van der Waals surface area contributed by atoms with Crippen molar-refractivity contribution in [1.82, 2.24) is 20.2 Å². The summed E-state index contributed by atoms with van der Waals surface area (Å²) >= 11 is 0. The predicted molar refractivity (Wildman–Crippen MR) is 175 cm³/mol. The molecule has 44 heavy (non-hydrogen) atoms. The zero-order valence-corrected chi connectivity index (χ0v) is 25.5. The molecule has 226 valence electrons. The van der Waals surface area contributed by atoms with Gasteiger partial charge in [0.05, 0.1) is 5.54 Å². The first kappa shape index (κ1) is 27.8. The second-order valence-corrected chi connectivity index (χ2v) is 13.5. The highest BCUT2D eigenvalue weighted by molar-refractivity contribution is 6.03. The number of nitrogens with one attached hydrogen (secondary N) is 1. The summed E-state index contributed by atoms with van der Waals surface area (Å²) < 4.78 is 23.8. The van der Waals surface area contributed by atoms with Crippen molar-refractivity contribution in [2.24, 2.45) is 0 Å². The molecular weight excluding hydrogens is 549 g/mol. The normalized spacial score (nSPS) is 27.3. The molecule has 2 atom stereocenters. The summed E-state index contributed by atoms with van der Waals surface area (Å²) in [5.74, 6) is 3.31. The number of terminal acetylenes is 1. The summed E-state index contributed by atoms with van der Waals surface area (Å²) in [5.41, 5.74) is 4.55. The van der Waals surface area contributed by atoms with Gasteiger partial charge in [0.15, 0.2) is 5.83 Å². The van der Waals surface area contributed by atoms with Gasteiger partial charge in [0, 0.05) is 41.7 Å². The molecule has 1 aliphatic carbocycles. The summed E-state index contributed by atoms with van der Waals surface area (Å²) in [6.45, 7) is 6.61. The average Bonchev–Trinajstić information content (AvgIpc) is 3.72. The highest BCUT2D eigenvalue weighted by Gasteiger charge is 2.45. The molecule has 2 aromatic carbocycles. The van der Waals surface area contributed by atoms with Gasteiger partial charge in [-0.3, -0.25) is 4.90 Å². The van der Waals surface area contributed by atoms with E-state index in [-0.39, 0.29) is 17.4 Å². The molecule has 8 rings (SSSR count). The van der Waals surface area contributed by atoms with E-state index in [2.05, 4.69) is 34.0 Å². The first-order valence-corrected chi connectivity index (χ1v) is 16.4. The molecule has 6 nitrogen and oxygen atoms in total. The molecule has 2 bridgehead atoms. The van der Waals surface area contributed by atoms with Crippen LogP contribution in [0.25, 0.3) is 28.2 Å². The van der Waals surface area contributed by atoms with Crippen molar-refractivity contribution in [1.29, 1.82) is 0 Å². The van der Waals surface area contributed by atoms with E-state index in [0.29, 0.717) is 36.4 Å². The van der Waals surface area contributed by atoms with Crippen molar-refractivity contribution in [2.75, 3.05) is 37.7 Å². The summed E-state index contributed by atoms with van der Waals surface area (Å²) in [6, 6.07) is 13.1. The van der Waals surface area contributed by atoms with Gasteiger partial charge < -0.3 is 15.0 Å². The van der Waals surface area contributed by atoms with E-state index >= 15 is 4.39 Å². The minimum Gasteiger partial charge on any atom is -0.461 e. The summed E-state index contributed by atoms with van der Waals surface area (Å²) in [7, 11) is 0. The topological polar surface area (TPSA) is 53.5 Å². The van der Waals surface area contributed by atoms with Crippen molar-refractivity contribution >= 4 is 34.1 Å². The monoisotopic (exact) mass is 589 g/mol. The smallest absolute Gasteiger partial charge is 0.319 e. The Kier molecular flexibility index (Phi) is 6.96. The highest BCUT2D eigenvalue weighted by Crippen LogP contribution is 2.43. The first-order chi connectivity index (χ1) is 21.5. The van der Waals surface area contributed by atoms with E-state index in [4.69, 9.17) is 21.1 Å². The maximum absolute atomic E-state index is 17.3. The Bertz CT molecular complexity index is 1710. The van der Waals surface area contributed by atoms with Gasteiger partial charge in [-0.2, -0.15) is 9.97 Å². The Balaban J connectivity index is 1.29. The van der Waals surface area contributed by atoms with Gasteiger partial charge in [0.1, 0.15) is 18.1 Å². The lowest BCUT2D eigenvalue weighted by atomic mass is 9.88. The van der Waals surface area contributed by atoms with Crippen LogP contribution in [0.3, 0.4) is 0 Å². The van der Waals surface area contributed by atoms with Gasteiger partial charge in [0.2, 0.25) is 0 Å². The van der Waals surface area contributed by atoms with Crippen LogP contribution in [0, 0.1) is 12.3 Å². The zero-order chi connectivity index (χ0) is 29.8. The van der Waals surface area contributed by atoms with Crippen molar-refractivity contribution < 1.29 is 9.13 Å². The molecule has 7 heteroatoms. The van der Waals surface area contributed by atoms with Crippen LogP contribution in [0.2, 0.25) is 0 Å². The van der Waals surface area contributed by atoms with Crippen LogP contribution in [0.5, 0.6) is 6.01 Å². The van der Waals surface area contributed by atoms with E-state index in [9.17, 15) is 0 Å². The number of rotatable bonds is 5. The van der Waals surface area contributed by atoms with E-state index in [0.717, 1.165) is 91.6 Å². The number of ether oxygens (including phenoxy) is 1. The third-order valence-corrected chi connectivity index (χ3v) is 10.7. The Labute approximate surface area is 259 Å². The largest absolute Gasteiger partial charge is 0.461 e. The van der Waals surface area contributed by atoms with Crippen molar-refractivity contribution in [3.63, 3.8) is 0 Å². The molecule has 0 saturated carbocycles. The molecule has 4 saturated heterocycles. The average molecular weight is 590 g/mol. The van der Waals surface area contributed by atoms with Crippen molar-refractivity contribution in [3.8, 4) is 18.4 Å². The fourth-order valence-electron chi connectivity index (χ4n) is 8.53. The second kappa shape index (κ2) is 11.0. The Morgan fingerprint density at radius 3 is 2.55 bits per heavy atom. The minimum atomic E-state index is -0.309. The van der Waals surface area contributed by atoms with Gasteiger partial charge >= 0.3 is 6.01 Å². The Morgan fingerprint density at radius 2 is 1.80 bits per heavy atom. The van der Waals surface area contributed by atoms with Gasteiger partial charge in [0.25, 0.3) is 0 Å². The number of hydrogen-bond acceptors (Lipinski definition) is 6. The molecule has 0 spiro atoms. The lowest BCUT2D eigenvalue weighted by Gasteiger charge is -2.35. The van der Waals surface area contributed by atoms with Crippen LogP contribution in [-0.4, -0.2) is 65.3 Å². The lowest BCUT2D eigenvalue weighted by molar-refractivity contribution is 0.107. The summed E-state index contributed by atoms with van der Waals surface area (Å²) in [5, 5.41) is 5.65. The van der Waals surface area contributed by atoms with Crippen LogP contribution >= 0.6 is 0 Å². The Morgan fingerprint density at radius 1 is 1.05 bits per heavy atom. The fourth-order valence-corrected chi connectivity index (χ4v) is 8.53. The number of anilines is 1. The number of halogens is 1. The fraction of sp³-hybridized carbons (Fsp3) is 0.459. The molecule has 1 N–H and O–H groups in total. The molecule has 0 radical (unpaired) electrons. The molecule has 3 aromatic rings. The van der Waals surface area contributed by atoms with Gasteiger partial charge in [-0.15, -0.1) is 6.42 Å². The highest BCUT2D eigenvalue weighted by atomic mass is 19.1. The van der Waals surface area contributed by atoms with Gasteiger partial charge in [-0.1, -0.05) is 47.9 Å². The summed E-state index contributed by atoms with van der Waals surface area (Å²) in [4.78, 5) is 14.9. The molecule has 5 heterocycles. The number of nitrogens with zero attached hydrogens (tertiary/aromatic N) is 4. The number of aromatic nitrogens is 2. The third kappa shape index (κ3) is 4.71. The maximum Gasteiger partial charge on any atom is 0.319 e. The van der Waals surface area contributed by atoms with Crippen molar-refractivity contribution in [2.45, 2.75) is 75.9 Å². The van der Waals surface area contributed by atoms with Crippen LogP contribution in [0.1, 0.15) is 80.7 Å². The number of piperazine rings is 1. The number of hydrogen-bond donors (Lipinski definition) is 1. The van der Waals surface area contributed by atoms with Crippen molar-refractivity contribution in [3.05, 3.63) is 64.4 Å². The molecule has 2 unspecified atom stereocenters. The first-order valence-electron chi connectivity index (χ1n) is 16.4. The van der Waals surface area contributed by atoms with Crippen LogP contribution < -0.4 is 15.0 Å². The van der Waals surface area contributed by atoms with Gasteiger partial charge in [-0.25, -0.2) is 4.39 Å². The maximum atomic E-state index is 17.3. The SMILES string of the molecule is C#Cc1cccc2cccc(/C3=C(\F)c4nc(OCC56CCCN5CCC6)nc(N5CC6CCC(C5)N6)c4/C=C(\C)CC3)c12. The molecular formula is C37H40FN5O. The molecule has 0 amide bonds. The Hall–Kier alpha value is -3.73. The minimum absolute atomic E-state index is 0.0482. The van der Waals surface area contributed by atoms with E-state index < -0.39 is 0 Å². The van der Waals surface area contributed by atoms with Crippen LogP contribution in [-0.2, 0) is 0 Å². The predicted octanol–water partition coefficient (Wildman–Crippen LogP) is 6.59. The molecule has 5 aliphatic rings. The third-order valence-electron chi connectivity index (χ3n) is 10.7.